The van der Waals surface area contributed by atoms with E-state index < -0.39 is 5.54 Å². The highest BCUT2D eigenvalue weighted by atomic mass is 16.2. The van der Waals surface area contributed by atoms with Crippen LogP contribution in [0.4, 0.5) is 0 Å². The second-order valence-corrected chi connectivity index (χ2v) is 3.54. The zero-order chi connectivity index (χ0) is 11.9. The Hall–Kier alpha value is -1.10. The minimum atomic E-state index is -0.803. The van der Waals surface area contributed by atoms with Gasteiger partial charge in [0.15, 0.2) is 0 Å². The van der Waals surface area contributed by atoms with Crippen molar-refractivity contribution in [3.63, 3.8) is 0 Å². The second-order valence-electron chi connectivity index (χ2n) is 3.54. The highest BCUT2D eigenvalue weighted by Gasteiger charge is 2.29. The van der Waals surface area contributed by atoms with Crippen molar-refractivity contribution in [2.75, 3.05) is 13.6 Å². The van der Waals surface area contributed by atoms with Crippen LogP contribution in [0.1, 0.15) is 33.1 Å². The van der Waals surface area contributed by atoms with Gasteiger partial charge in [0.1, 0.15) is 0 Å². The van der Waals surface area contributed by atoms with Crippen LogP contribution in [0.5, 0.6) is 0 Å². The molecule has 15 heavy (non-hydrogen) atoms. The topological polar surface area (TPSA) is 84.2 Å². The monoisotopic (exact) mass is 215 g/mol. The van der Waals surface area contributed by atoms with Gasteiger partial charge >= 0.3 is 0 Å². The van der Waals surface area contributed by atoms with E-state index in [2.05, 4.69) is 10.6 Å². The van der Waals surface area contributed by atoms with Crippen molar-refractivity contribution >= 4 is 11.8 Å². The molecule has 0 aliphatic carbocycles. The van der Waals surface area contributed by atoms with Crippen LogP contribution in [0.2, 0.25) is 0 Å². The Balaban J connectivity index is 3.98. The summed E-state index contributed by atoms with van der Waals surface area (Å²) in [6.45, 7) is 4.08. The summed E-state index contributed by atoms with van der Waals surface area (Å²) < 4.78 is 0. The average molecular weight is 215 g/mol. The number of nitrogens with one attached hydrogen (secondary N) is 2. The Kier molecular flexibility index (Phi) is 5.93. The molecule has 5 nitrogen and oxygen atoms in total. The summed E-state index contributed by atoms with van der Waals surface area (Å²) in [5.41, 5.74) is 5.07. The zero-order valence-corrected chi connectivity index (χ0v) is 9.72. The molecule has 0 aromatic heterocycles. The number of rotatable bonds is 6. The molecule has 0 unspecified atom stereocenters. The van der Waals surface area contributed by atoms with Crippen molar-refractivity contribution in [3.8, 4) is 0 Å². The molecule has 4 N–H and O–H groups in total. The Morgan fingerprint density at radius 1 is 1.27 bits per heavy atom. The summed E-state index contributed by atoms with van der Waals surface area (Å²) >= 11 is 0. The molecule has 0 saturated heterocycles. The quantitative estimate of drug-likeness (QED) is 0.571. The van der Waals surface area contributed by atoms with E-state index in [4.69, 9.17) is 5.73 Å². The minimum absolute atomic E-state index is 0.0917. The molecular weight excluding hydrogens is 194 g/mol. The molecule has 0 radical (unpaired) electrons. The van der Waals surface area contributed by atoms with Gasteiger partial charge in [-0.05, 0) is 12.8 Å². The lowest BCUT2D eigenvalue weighted by molar-refractivity contribution is -0.126. The lowest BCUT2D eigenvalue weighted by Crippen LogP contribution is -2.53. The third-order valence-corrected chi connectivity index (χ3v) is 2.63. The number of nitrogens with two attached hydrogens (primary N) is 1. The van der Waals surface area contributed by atoms with Gasteiger partial charge in [-0.2, -0.15) is 0 Å². The molecular formula is C10H21N3O2. The first-order valence-corrected chi connectivity index (χ1v) is 5.28. The van der Waals surface area contributed by atoms with Crippen LogP contribution in [0.15, 0.2) is 0 Å². The van der Waals surface area contributed by atoms with Crippen molar-refractivity contribution in [1.82, 2.24) is 10.6 Å². The summed E-state index contributed by atoms with van der Waals surface area (Å²) in [5, 5.41) is 5.15. The van der Waals surface area contributed by atoms with Gasteiger partial charge in [-0.3, -0.25) is 9.59 Å². The van der Waals surface area contributed by atoms with Crippen LogP contribution in [-0.2, 0) is 9.59 Å². The van der Waals surface area contributed by atoms with E-state index in [0.29, 0.717) is 19.4 Å². The van der Waals surface area contributed by atoms with Gasteiger partial charge in [0.05, 0.1) is 5.54 Å². The highest BCUT2D eigenvalue weighted by Crippen LogP contribution is 2.10. The Morgan fingerprint density at radius 2 is 1.80 bits per heavy atom. The van der Waals surface area contributed by atoms with Gasteiger partial charge in [-0.15, -0.1) is 0 Å². The van der Waals surface area contributed by atoms with Crippen LogP contribution in [0.3, 0.4) is 0 Å². The molecule has 0 heterocycles. The zero-order valence-electron chi connectivity index (χ0n) is 9.72. The molecule has 0 atom stereocenters. The molecule has 0 aromatic rings. The normalized spacial score (nSPS) is 10.9. The summed E-state index contributed by atoms with van der Waals surface area (Å²) in [6.07, 6.45) is 1.47. The van der Waals surface area contributed by atoms with E-state index in [0.717, 1.165) is 0 Å². The van der Waals surface area contributed by atoms with Crippen LogP contribution in [-0.4, -0.2) is 30.9 Å². The highest BCUT2D eigenvalue weighted by molar-refractivity contribution is 5.86. The van der Waals surface area contributed by atoms with Gasteiger partial charge in [0.2, 0.25) is 11.8 Å². The van der Waals surface area contributed by atoms with E-state index in [1.807, 2.05) is 13.8 Å². The maximum absolute atomic E-state index is 11.6. The minimum Gasteiger partial charge on any atom is -0.359 e. The third-order valence-electron chi connectivity index (χ3n) is 2.63. The third kappa shape index (κ3) is 4.29. The van der Waals surface area contributed by atoms with Crippen molar-refractivity contribution in [2.45, 2.75) is 38.6 Å². The van der Waals surface area contributed by atoms with Gasteiger partial charge in [0, 0.05) is 20.0 Å². The Labute approximate surface area is 90.8 Å². The van der Waals surface area contributed by atoms with Crippen LogP contribution in [0.25, 0.3) is 0 Å². The molecule has 88 valence electrons. The maximum Gasteiger partial charge on any atom is 0.240 e. The van der Waals surface area contributed by atoms with Crippen LogP contribution in [0, 0.1) is 0 Å². The van der Waals surface area contributed by atoms with E-state index in [9.17, 15) is 9.59 Å². The van der Waals surface area contributed by atoms with Crippen molar-refractivity contribution in [1.29, 1.82) is 0 Å². The number of hydrogen-bond donors (Lipinski definition) is 3. The van der Waals surface area contributed by atoms with Crippen molar-refractivity contribution in [2.24, 2.45) is 5.73 Å². The van der Waals surface area contributed by atoms with Crippen LogP contribution >= 0.6 is 0 Å². The average Bonchev–Trinajstić information content (AvgIpc) is 2.27. The first-order valence-electron chi connectivity index (χ1n) is 5.28. The Morgan fingerprint density at radius 3 is 2.20 bits per heavy atom. The molecule has 0 aromatic carbocycles. The van der Waals surface area contributed by atoms with Crippen molar-refractivity contribution in [3.05, 3.63) is 0 Å². The number of hydrogen-bond acceptors (Lipinski definition) is 3. The summed E-state index contributed by atoms with van der Waals surface area (Å²) in [7, 11) is 1.56. The van der Waals surface area contributed by atoms with Gasteiger partial charge in [-0.25, -0.2) is 0 Å². The fraction of sp³-hybridized carbons (Fsp3) is 0.800. The molecule has 0 bridgehead atoms. The fourth-order valence-electron chi connectivity index (χ4n) is 1.16. The van der Waals surface area contributed by atoms with E-state index in [1.165, 1.54) is 0 Å². The smallest absolute Gasteiger partial charge is 0.240 e. The molecule has 0 aliphatic heterocycles. The predicted molar refractivity (Wildman–Crippen MR) is 59.2 cm³/mol. The molecule has 0 fully saturated rings. The van der Waals surface area contributed by atoms with Gasteiger partial charge in [0.25, 0.3) is 0 Å². The molecule has 0 rings (SSSR count). The van der Waals surface area contributed by atoms with Crippen molar-refractivity contribution < 1.29 is 9.59 Å². The van der Waals surface area contributed by atoms with Crippen LogP contribution < -0.4 is 16.4 Å². The number of amides is 2. The maximum atomic E-state index is 11.6. The fourth-order valence-corrected chi connectivity index (χ4v) is 1.16. The Bertz CT molecular complexity index is 225. The molecule has 2 amide bonds. The molecule has 0 spiro atoms. The predicted octanol–water partition coefficient (Wildman–Crippen LogP) is -0.244. The summed E-state index contributed by atoms with van der Waals surface area (Å²) in [4.78, 5) is 22.5. The summed E-state index contributed by atoms with van der Waals surface area (Å²) in [5.74, 6) is -0.276. The lowest BCUT2D eigenvalue weighted by Gasteiger charge is -2.25. The molecule has 0 aliphatic rings. The van der Waals surface area contributed by atoms with E-state index >= 15 is 0 Å². The van der Waals surface area contributed by atoms with E-state index in [1.54, 1.807) is 7.05 Å². The lowest BCUT2D eigenvalue weighted by atomic mass is 9.93. The second kappa shape index (κ2) is 6.40. The standard InChI is InChI=1S/C10H21N3O2/c1-4-10(11,5-2)9(15)13-7-6-8(14)12-3/h4-7,11H2,1-3H3,(H,12,14)(H,13,15). The number of carbonyl (C=O) groups excluding carboxylic acids is 2. The van der Waals surface area contributed by atoms with Gasteiger partial charge < -0.3 is 16.4 Å². The largest absolute Gasteiger partial charge is 0.359 e. The number of carbonyl (C=O) groups is 2. The first kappa shape index (κ1) is 13.9. The first-order chi connectivity index (χ1) is 7.00. The summed E-state index contributed by atoms with van der Waals surface area (Å²) in [6, 6.07) is 0. The van der Waals surface area contributed by atoms with E-state index in [-0.39, 0.29) is 18.2 Å². The molecule has 0 saturated carbocycles. The van der Waals surface area contributed by atoms with Gasteiger partial charge in [-0.1, -0.05) is 13.8 Å². The molecule has 5 heteroatoms. The SMILES string of the molecule is CCC(N)(CC)C(=O)NCCC(=O)NC.